The molecular formula is C13H17N5O3S2. The van der Waals surface area contributed by atoms with Gasteiger partial charge < -0.3 is 9.88 Å². The van der Waals surface area contributed by atoms with Crippen molar-refractivity contribution in [3.63, 3.8) is 0 Å². The number of carbonyl (C=O) groups is 1. The van der Waals surface area contributed by atoms with Crippen LogP contribution < -0.4 is 10.5 Å². The van der Waals surface area contributed by atoms with Crippen molar-refractivity contribution in [3.05, 3.63) is 36.2 Å². The summed E-state index contributed by atoms with van der Waals surface area (Å²) in [7, 11) is -1.91. The highest BCUT2D eigenvalue weighted by atomic mass is 32.2. The molecule has 0 saturated heterocycles. The molecule has 3 N–H and O–H groups in total. The van der Waals surface area contributed by atoms with Crippen molar-refractivity contribution in [1.82, 2.24) is 20.1 Å². The first-order valence-electron chi connectivity index (χ1n) is 6.66. The van der Waals surface area contributed by atoms with Gasteiger partial charge >= 0.3 is 0 Å². The smallest absolute Gasteiger partial charge is 0.238 e. The van der Waals surface area contributed by atoms with Gasteiger partial charge in [-0.05, 0) is 24.6 Å². The number of thioether (sulfide) groups is 1. The van der Waals surface area contributed by atoms with Crippen molar-refractivity contribution in [2.24, 2.45) is 12.2 Å². The Morgan fingerprint density at radius 3 is 2.57 bits per heavy atom. The molecule has 0 aliphatic carbocycles. The second-order valence-corrected chi connectivity index (χ2v) is 7.42. The Labute approximate surface area is 138 Å². The van der Waals surface area contributed by atoms with E-state index in [-0.39, 0.29) is 22.6 Å². The lowest BCUT2D eigenvalue weighted by Crippen LogP contribution is -2.28. The first-order valence-corrected chi connectivity index (χ1v) is 9.19. The second-order valence-electron chi connectivity index (χ2n) is 4.92. The Morgan fingerprint density at radius 1 is 1.39 bits per heavy atom. The zero-order valence-electron chi connectivity index (χ0n) is 12.6. The number of hydrogen-bond donors (Lipinski definition) is 2. The molecule has 1 aromatic heterocycles. The molecule has 10 heteroatoms. The van der Waals surface area contributed by atoms with E-state index in [1.165, 1.54) is 23.9 Å². The first-order chi connectivity index (χ1) is 10.8. The standard InChI is InChI=1S/C13H17N5O3S2/c1-9(10-3-5-11(6-4-10)23(14,20)21)16-12(19)7-22-13-17-15-8-18(13)2/h3-6,8-9H,7H2,1-2H3,(H,16,19)(H2,14,20,21)/t9-/m0/s1. The quantitative estimate of drug-likeness (QED) is 0.725. The van der Waals surface area contributed by atoms with Crippen LogP contribution in [0.4, 0.5) is 0 Å². The van der Waals surface area contributed by atoms with Gasteiger partial charge in [0.1, 0.15) is 6.33 Å². The number of rotatable bonds is 6. The fourth-order valence-corrected chi connectivity index (χ4v) is 3.06. The second kappa shape index (κ2) is 7.11. The van der Waals surface area contributed by atoms with Crippen LogP contribution in [-0.4, -0.2) is 34.8 Å². The van der Waals surface area contributed by atoms with Crippen molar-refractivity contribution < 1.29 is 13.2 Å². The van der Waals surface area contributed by atoms with E-state index in [0.717, 1.165) is 5.56 Å². The maximum absolute atomic E-state index is 12.0. The molecule has 2 rings (SSSR count). The van der Waals surface area contributed by atoms with Gasteiger partial charge in [-0.2, -0.15) is 0 Å². The largest absolute Gasteiger partial charge is 0.349 e. The maximum Gasteiger partial charge on any atom is 0.238 e. The maximum atomic E-state index is 12.0. The fourth-order valence-electron chi connectivity index (χ4n) is 1.85. The predicted octanol–water partition coefficient (Wildman–Crippen LogP) is 0.432. The summed E-state index contributed by atoms with van der Waals surface area (Å²) in [6.07, 6.45) is 1.57. The molecule has 124 valence electrons. The number of carbonyl (C=O) groups excluding carboxylic acids is 1. The SMILES string of the molecule is C[C@H](NC(=O)CSc1nncn1C)c1ccc(S(N)(=O)=O)cc1. The minimum absolute atomic E-state index is 0.0395. The monoisotopic (exact) mass is 355 g/mol. The number of nitrogens with one attached hydrogen (secondary N) is 1. The lowest BCUT2D eigenvalue weighted by atomic mass is 10.1. The van der Waals surface area contributed by atoms with Gasteiger partial charge in [0.15, 0.2) is 5.16 Å². The molecule has 1 aromatic carbocycles. The molecule has 2 aromatic rings. The Hall–Kier alpha value is -1.91. The Bertz CT molecular complexity index is 786. The summed E-state index contributed by atoms with van der Waals surface area (Å²) in [6, 6.07) is 5.83. The lowest BCUT2D eigenvalue weighted by Gasteiger charge is -2.14. The third-order valence-corrected chi connectivity index (χ3v) is 5.05. The van der Waals surface area contributed by atoms with E-state index >= 15 is 0 Å². The number of benzene rings is 1. The molecule has 8 nitrogen and oxygen atoms in total. The number of hydrogen-bond acceptors (Lipinski definition) is 6. The summed E-state index contributed by atoms with van der Waals surface area (Å²) in [5.41, 5.74) is 0.786. The van der Waals surface area contributed by atoms with Crippen molar-refractivity contribution in [2.45, 2.75) is 23.0 Å². The normalized spacial score (nSPS) is 12.8. The number of amides is 1. The van der Waals surface area contributed by atoms with Gasteiger partial charge in [-0.3, -0.25) is 4.79 Å². The highest BCUT2D eigenvalue weighted by Crippen LogP contribution is 2.17. The van der Waals surface area contributed by atoms with Crippen LogP contribution >= 0.6 is 11.8 Å². The summed E-state index contributed by atoms with van der Waals surface area (Å²) in [6.45, 7) is 1.82. The van der Waals surface area contributed by atoms with E-state index in [4.69, 9.17) is 5.14 Å². The average molecular weight is 355 g/mol. The summed E-state index contributed by atoms with van der Waals surface area (Å²) >= 11 is 1.29. The number of primary sulfonamides is 1. The van der Waals surface area contributed by atoms with E-state index < -0.39 is 10.0 Å². The van der Waals surface area contributed by atoms with Crippen LogP contribution in [0.2, 0.25) is 0 Å². The molecule has 0 saturated carbocycles. The van der Waals surface area contributed by atoms with Crippen molar-refractivity contribution >= 4 is 27.7 Å². The molecule has 0 fully saturated rings. The van der Waals surface area contributed by atoms with Gasteiger partial charge in [0.2, 0.25) is 15.9 Å². The molecule has 0 radical (unpaired) electrons. The van der Waals surface area contributed by atoms with Gasteiger partial charge in [0.25, 0.3) is 0 Å². The molecule has 0 aliphatic heterocycles. The summed E-state index contributed by atoms with van der Waals surface area (Å²) in [5, 5.41) is 16.2. The molecule has 1 heterocycles. The average Bonchev–Trinajstić information content (AvgIpc) is 2.89. The third-order valence-electron chi connectivity index (χ3n) is 3.09. The number of nitrogens with zero attached hydrogens (tertiary/aromatic N) is 3. The van der Waals surface area contributed by atoms with E-state index in [1.54, 1.807) is 30.1 Å². The first kappa shape index (κ1) is 17.4. The highest BCUT2D eigenvalue weighted by Gasteiger charge is 2.13. The molecule has 0 aliphatic rings. The molecule has 23 heavy (non-hydrogen) atoms. The van der Waals surface area contributed by atoms with Crippen LogP contribution in [-0.2, 0) is 21.9 Å². The van der Waals surface area contributed by atoms with E-state index in [2.05, 4.69) is 15.5 Å². The molecule has 0 spiro atoms. The topological polar surface area (TPSA) is 120 Å². The summed E-state index contributed by atoms with van der Waals surface area (Å²) < 4.78 is 24.1. The summed E-state index contributed by atoms with van der Waals surface area (Å²) in [4.78, 5) is 12.0. The van der Waals surface area contributed by atoms with Crippen LogP contribution in [0.5, 0.6) is 0 Å². The molecule has 1 atom stereocenters. The summed E-state index contributed by atoms with van der Waals surface area (Å²) in [5.74, 6) is 0.0626. The third kappa shape index (κ3) is 4.78. The lowest BCUT2D eigenvalue weighted by molar-refractivity contribution is -0.119. The van der Waals surface area contributed by atoms with Gasteiger partial charge in [-0.1, -0.05) is 23.9 Å². The number of aryl methyl sites for hydroxylation is 1. The van der Waals surface area contributed by atoms with Crippen molar-refractivity contribution in [3.8, 4) is 0 Å². The van der Waals surface area contributed by atoms with Crippen LogP contribution in [0.15, 0.2) is 40.6 Å². The van der Waals surface area contributed by atoms with E-state index in [0.29, 0.717) is 5.16 Å². The Morgan fingerprint density at radius 2 is 2.04 bits per heavy atom. The van der Waals surface area contributed by atoms with Gasteiger partial charge in [0, 0.05) is 7.05 Å². The fraction of sp³-hybridized carbons (Fsp3) is 0.308. The van der Waals surface area contributed by atoms with E-state index in [9.17, 15) is 13.2 Å². The van der Waals surface area contributed by atoms with Gasteiger partial charge in [-0.15, -0.1) is 10.2 Å². The molecule has 0 unspecified atom stereocenters. The van der Waals surface area contributed by atoms with Crippen LogP contribution in [0.25, 0.3) is 0 Å². The van der Waals surface area contributed by atoms with Crippen molar-refractivity contribution in [1.29, 1.82) is 0 Å². The van der Waals surface area contributed by atoms with Crippen LogP contribution in [0.1, 0.15) is 18.5 Å². The zero-order chi connectivity index (χ0) is 17.0. The Balaban J connectivity index is 1.92. The van der Waals surface area contributed by atoms with Crippen LogP contribution in [0, 0.1) is 0 Å². The van der Waals surface area contributed by atoms with Gasteiger partial charge in [-0.25, -0.2) is 13.6 Å². The number of aromatic nitrogens is 3. The Kier molecular flexibility index (Phi) is 5.39. The van der Waals surface area contributed by atoms with Gasteiger partial charge in [0.05, 0.1) is 16.7 Å². The molecule has 1 amide bonds. The van der Waals surface area contributed by atoms with Crippen molar-refractivity contribution in [2.75, 3.05) is 5.75 Å². The highest BCUT2D eigenvalue weighted by molar-refractivity contribution is 7.99. The van der Waals surface area contributed by atoms with Crippen LogP contribution in [0.3, 0.4) is 0 Å². The predicted molar refractivity (Wildman–Crippen MR) is 86.1 cm³/mol. The number of nitrogens with two attached hydrogens (primary N) is 1. The minimum atomic E-state index is -3.71. The minimum Gasteiger partial charge on any atom is -0.349 e. The molecule has 0 bridgehead atoms. The molecular weight excluding hydrogens is 338 g/mol. The van der Waals surface area contributed by atoms with E-state index in [1.807, 2.05) is 6.92 Å². The zero-order valence-corrected chi connectivity index (χ0v) is 14.3. The number of sulfonamides is 1.